The SMILES string of the molecule is COc1ccc(/C=C/C(=O)NC(C)C(=O)NCc2cc(Cl)c3c(c2)OCCCO3)cc1. The van der Waals surface area contributed by atoms with Gasteiger partial charge in [-0.05, 0) is 48.4 Å². The summed E-state index contributed by atoms with van der Waals surface area (Å²) in [4.78, 5) is 24.5. The van der Waals surface area contributed by atoms with Crippen LogP contribution in [0.4, 0.5) is 0 Å². The van der Waals surface area contributed by atoms with Crippen LogP contribution >= 0.6 is 11.6 Å². The molecule has 8 heteroatoms. The van der Waals surface area contributed by atoms with E-state index >= 15 is 0 Å². The van der Waals surface area contributed by atoms with Crippen LogP contribution in [0.1, 0.15) is 24.5 Å². The Hall–Kier alpha value is -3.19. The van der Waals surface area contributed by atoms with Crippen molar-refractivity contribution in [1.82, 2.24) is 10.6 Å². The van der Waals surface area contributed by atoms with Crippen LogP contribution in [0.5, 0.6) is 17.2 Å². The van der Waals surface area contributed by atoms with Gasteiger partial charge in [0.05, 0.1) is 25.3 Å². The maximum Gasteiger partial charge on any atom is 0.244 e. The predicted molar refractivity (Wildman–Crippen MR) is 119 cm³/mol. The third-order valence-corrected chi connectivity index (χ3v) is 4.90. The van der Waals surface area contributed by atoms with Crippen molar-refractivity contribution in [3.63, 3.8) is 0 Å². The van der Waals surface area contributed by atoms with E-state index in [1.807, 2.05) is 12.1 Å². The molecule has 2 aromatic rings. The molecule has 0 radical (unpaired) electrons. The molecule has 1 aliphatic rings. The Morgan fingerprint density at radius 2 is 1.94 bits per heavy atom. The molecule has 1 heterocycles. The Balaban J connectivity index is 1.51. The number of rotatable bonds is 7. The minimum Gasteiger partial charge on any atom is -0.497 e. The molecular formula is C23H25ClN2O5. The summed E-state index contributed by atoms with van der Waals surface area (Å²) in [5.74, 6) is 1.16. The Kier molecular flexibility index (Phi) is 7.78. The van der Waals surface area contributed by atoms with Crippen LogP contribution in [0.15, 0.2) is 42.5 Å². The summed E-state index contributed by atoms with van der Waals surface area (Å²) in [6.07, 6.45) is 3.83. The molecule has 0 spiro atoms. The van der Waals surface area contributed by atoms with Crippen LogP contribution in [0.2, 0.25) is 5.02 Å². The molecule has 7 nitrogen and oxygen atoms in total. The van der Waals surface area contributed by atoms with Crippen molar-refractivity contribution in [1.29, 1.82) is 0 Å². The van der Waals surface area contributed by atoms with Crippen LogP contribution in [0, 0.1) is 0 Å². The first-order valence-corrected chi connectivity index (χ1v) is 10.3. The Morgan fingerprint density at radius 3 is 2.68 bits per heavy atom. The number of fused-ring (bicyclic) bond motifs is 1. The highest BCUT2D eigenvalue weighted by atomic mass is 35.5. The molecule has 2 amide bonds. The van der Waals surface area contributed by atoms with Gasteiger partial charge in [-0.25, -0.2) is 0 Å². The number of benzene rings is 2. The van der Waals surface area contributed by atoms with E-state index in [1.54, 1.807) is 44.4 Å². The Bertz CT molecular complexity index is 959. The number of halogens is 1. The first kappa shape index (κ1) is 22.5. The highest BCUT2D eigenvalue weighted by Gasteiger charge is 2.17. The lowest BCUT2D eigenvalue weighted by molar-refractivity contribution is -0.126. The van der Waals surface area contributed by atoms with E-state index in [2.05, 4.69) is 10.6 Å². The van der Waals surface area contributed by atoms with E-state index in [1.165, 1.54) is 6.08 Å². The second-order valence-electron chi connectivity index (χ2n) is 7.01. The van der Waals surface area contributed by atoms with Gasteiger partial charge in [0.15, 0.2) is 11.5 Å². The molecule has 0 saturated carbocycles. The highest BCUT2D eigenvalue weighted by Crippen LogP contribution is 2.37. The fraction of sp³-hybridized carbons (Fsp3) is 0.304. The summed E-state index contributed by atoms with van der Waals surface area (Å²) in [7, 11) is 1.59. The van der Waals surface area contributed by atoms with E-state index < -0.39 is 6.04 Å². The van der Waals surface area contributed by atoms with Gasteiger partial charge in [0, 0.05) is 19.0 Å². The molecule has 0 aliphatic carbocycles. The molecule has 0 aromatic heterocycles. The first-order chi connectivity index (χ1) is 15.0. The number of methoxy groups -OCH3 is 1. The largest absolute Gasteiger partial charge is 0.497 e. The smallest absolute Gasteiger partial charge is 0.244 e. The molecule has 31 heavy (non-hydrogen) atoms. The zero-order valence-corrected chi connectivity index (χ0v) is 18.2. The molecule has 2 N–H and O–H groups in total. The van der Waals surface area contributed by atoms with E-state index in [0.717, 1.165) is 23.3 Å². The molecule has 0 fully saturated rings. The quantitative estimate of drug-likeness (QED) is 0.640. The maximum atomic E-state index is 12.4. The molecule has 1 atom stereocenters. The van der Waals surface area contributed by atoms with Gasteiger partial charge >= 0.3 is 0 Å². The highest BCUT2D eigenvalue weighted by molar-refractivity contribution is 6.32. The lowest BCUT2D eigenvalue weighted by Crippen LogP contribution is -2.44. The number of ether oxygens (including phenoxy) is 3. The van der Waals surface area contributed by atoms with Gasteiger partial charge in [-0.3, -0.25) is 9.59 Å². The number of amides is 2. The Morgan fingerprint density at radius 1 is 1.19 bits per heavy atom. The van der Waals surface area contributed by atoms with E-state index in [9.17, 15) is 9.59 Å². The van der Waals surface area contributed by atoms with Crippen LogP contribution in [0.3, 0.4) is 0 Å². The zero-order valence-electron chi connectivity index (χ0n) is 17.4. The van der Waals surface area contributed by atoms with E-state index in [4.69, 9.17) is 25.8 Å². The second-order valence-corrected chi connectivity index (χ2v) is 7.42. The first-order valence-electron chi connectivity index (χ1n) is 9.94. The summed E-state index contributed by atoms with van der Waals surface area (Å²) < 4.78 is 16.4. The third kappa shape index (κ3) is 6.39. The summed E-state index contributed by atoms with van der Waals surface area (Å²) in [6, 6.07) is 10.1. The summed E-state index contributed by atoms with van der Waals surface area (Å²) in [5.41, 5.74) is 1.62. The van der Waals surface area contributed by atoms with Gasteiger partial charge in [0.25, 0.3) is 0 Å². The van der Waals surface area contributed by atoms with Crippen molar-refractivity contribution >= 4 is 29.5 Å². The number of carbonyl (C=O) groups excluding carboxylic acids is 2. The molecule has 0 bridgehead atoms. The molecule has 1 aliphatic heterocycles. The molecule has 2 aromatic carbocycles. The number of carbonyl (C=O) groups is 2. The molecule has 164 valence electrons. The van der Waals surface area contributed by atoms with Crippen LogP contribution < -0.4 is 24.8 Å². The normalized spacial score (nSPS) is 13.9. The maximum absolute atomic E-state index is 12.4. The average Bonchev–Trinajstić information content (AvgIpc) is 3.02. The van der Waals surface area contributed by atoms with Crippen LogP contribution in [0.25, 0.3) is 6.08 Å². The second kappa shape index (κ2) is 10.7. The summed E-state index contributed by atoms with van der Waals surface area (Å²) in [5, 5.41) is 5.88. The minimum absolute atomic E-state index is 0.247. The predicted octanol–water partition coefficient (Wildman–Crippen LogP) is 3.34. The monoisotopic (exact) mass is 444 g/mol. The average molecular weight is 445 g/mol. The van der Waals surface area contributed by atoms with Gasteiger partial charge in [0.1, 0.15) is 11.8 Å². The number of nitrogens with one attached hydrogen (secondary N) is 2. The lowest BCUT2D eigenvalue weighted by atomic mass is 10.2. The van der Waals surface area contributed by atoms with E-state index in [-0.39, 0.29) is 18.4 Å². The fourth-order valence-corrected chi connectivity index (χ4v) is 3.23. The number of hydrogen-bond acceptors (Lipinski definition) is 5. The third-order valence-electron chi connectivity index (χ3n) is 4.62. The van der Waals surface area contributed by atoms with E-state index in [0.29, 0.717) is 29.7 Å². The van der Waals surface area contributed by atoms with Crippen molar-refractivity contribution in [2.45, 2.75) is 25.9 Å². The standard InChI is InChI=1S/C23H25ClN2O5/c1-15(26-21(27)9-6-16-4-7-18(29-2)8-5-16)23(28)25-14-17-12-19(24)22-20(13-17)30-10-3-11-31-22/h4-9,12-13,15H,3,10-11,14H2,1-2H3,(H,25,28)(H,26,27)/b9-6+. The van der Waals surface area contributed by atoms with Crippen LogP contribution in [-0.2, 0) is 16.1 Å². The topological polar surface area (TPSA) is 85.9 Å². The molecule has 0 saturated heterocycles. The van der Waals surface area contributed by atoms with Crippen molar-refractivity contribution in [3.8, 4) is 17.2 Å². The summed E-state index contributed by atoms with van der Waals surface area (Å²) in [6.45, 7) is 2.96. The minimum atomic E-state index is -0.705. The van der Waals surface area contributed by atoms with Gasteiger partial charge in [-0.2, -0.15) is 0 Å². The van der Waals surface area contributed by atoms with Gasteiger partial charge in [0.2, 0.25) is 11.8 Å². The number of hydrogen-bond donors (Lipinski definition) is 2. The van der Waals surface area contributed by atoms with Crippen molar-refractivity contribution < 1.29 is 23.8 Å². The van der Waals surface area contributed by atoms with Crippen molar-refractivity contribution in [3.05, 3.63) is 58.6 Å². The lowest BCUT2D eigenvalue weighted by Gasteiger charge is -2.15. The molecule has 1 unspecified atom stereocenters. The fourth-order valence-electron chi connectivity index (χ4n) is 2.94. The Labute approximate surface area is 186 Å². The molecule has 3 rings (SSSR count). The zero-order chi connectivity index (χ0) is 22.2. The summed E-state index contributed by atoms with van der Waals surface area (Å²) >= 11 is 6.28. The van der Waals surface area contributed by atoms with Gasteiger partial charge in [-0.1, -0.05) is 23.7 Å². The van der Waals surface area contributed by atoms with Crippen molar-refractivity contribution in [2.24, 2.45) is 0 Å². The van der Waals surface area contributed by atoms with Crippen LogP contribution in [-0.4, -0.2) is 38.2 Å². The van der Waals surface area contributed by atoms with Crippen molar-refractivity contribution in [2.75, 3.05) is 20.3 Å². The van der Waals surface area contributed by atoms with Gasteiger partial charge < -0.3 is 24.8 Å². The molecular weight excluding hydrogens is 420 g/mol. The van der Waals surface area contributed by atoms with Gasteiger partial charge in [-0.15, -0.1) is 0 Å².